The normalized spacial score (nSPS) is 9.84. The number of alkyl carbamates (subject to hydrolysis) is 1. The molecule has 19 heavy (non-hydrogen) atoms. The quantitative estimate of drug-likeness (QED) is 0.873. The summed E-state index contributed by atoms with van der Waals surface area (Å²) in [6, 6.07) is 5.30. The summed E-state index contributed by atoms with van der Waals surface area (Å²) < 4.78 is 4.68. The number of benzene rings is 1. The number of rotatable bonds is 5. The van der Waals surface area contributed by atoms with Crippen molar-refractivity contribution in [2.24, 2.45) is 0 Å². The van der Waals surface area contributed by atoms with Crippen molar-refractivity contribution in [3.63, 3.8) is 0 Å². The zero-order chi connectivity index (χ0) is 14.3. The van der Waals surface area contributed by atoms with Gasteiger partial charge in [0.15, 0.2) is 0 Å². The van der Waals surface area contributed by atoms with Crippen LogP contribution in [0.25, 0.3) is 0 Å². The second kappa shape index (κ2) is 7.63. The minimum absolute atomic E-state index is 0.171. The summed E-state index contributed by atoms with van der Waals surface area (Å²) >= 11 is 5.95. The lowest BCUT2D eigenvalue weighted by molar-refractivity contribution is -0.116. The van der Waals surface area contributed by atoms with Gasteiger partial charge >= 0.3 is 6.09 Å². The molecule has 1 rings (SSSR count). The Bertz CT molecular complexity index is 463. The molecule has 1 aromatic rings. The van der Waals surface area contributed by atoms with Gasteiger partial charge in [-0.05, 0) is 31.5 Å². The molecule has 0 spiro atoms. The van der Waals surface area contributed by atoms with E-state index in [0.717, 1.165) is 5.56 Å². The van der Waals surface area contributed by atoms with Gasteiger partial charge in [-0.3, -0.25) is 4.79 Å². The molecule has 0 aliphatic carbocycles. The Labute approximate surface area is 117 Å². The zero-order valence-corrected chi connectivity index (χ0v) is 11.7. The van der Waals surface area contributed by atoms with Gasteiger partial charge in [-0.1, -0.05) is 17.7 Å². The first-order valence-corrected chi connectivity index (χ1v) is 6.38. The highest BCUT2D eigenvalue weighted by Crippen LogP contribution is 2.22. The van der Waals surface area contributed by atoms with E-state index in [0.29, 0.717) is 17.3 Å². The zero-order valence-electron chi connectivity index (χ0n) is 11.0. The first-order chi connectivity index (χ1) is 9.04. The molecule has 2 N–H and O–H groups in total. The van der Waals surface area contributed by atoms with Gasteiger partial charge in [0.05, 0.1) is 6.61 Å². The van der Waals surface area contributed by atoms with Crippen molar-refractivity contribution in [1.29, 1.82) is 0 Å². The van der Waals surface area contributed by atoms with Gasteiger partial charge in [0.1, 0.15) is 0 Å². The van der Waals surface area contributed by atoms with Crippen LogP contribution in [-0.4, -0.2) is 25.2 Å². The lowest BCUT2D eigenvalue weighted by atomic mass is 10.2. The fraction of sp³-hybridized carbons (Fsp3) is 0.385. The topological polar surface area (TPSA) is 67.4 Å². The standard InChI is InChI=1S/C13H17ClN2O3/c1-3-19-13(18)15-8-7-12(17)16-11-6-4-5-10(14)9(11)2/h4-6H,3,7-8H2,1-2H3,(H,15,18)(H,16,17). The number of carbonyl (C=O) groups excluding carboxylic acids is 2. The van der Waals surface area contributed by atoms with Crippen LogP contribution in [0, 0.1) is 6.92 Å². The second-order valence-corrected chi connectivity index (χ2v) is 4.27. The molecule has 1 aromatic carbocycles. The van der Waals surface area contributed by atoms with Crippen molar-refractivity contribution in [2.45, 2.75) is 20.3 Å². The fourth-order valence-electron chi connectivity index (χ4n) is 1.42. The molecule has 2 amide bonds. The molecule has 0 heterocycles. The Morgan fingerprint density at radius 1 is 1.37 bits per heavy atom. The Balaban J connectivity index is 2.39. The molecular weight excluding hydrogens is 268 g/mol. The summed E-state index contributed by atoms with van der Waals surface area (Å²) in [5.41, 5.74) is 1.49. The third-order valence-electron chi connectivity index (χ3n) is 2.44. The predicted molar refractivity (Wildman–Crippen MR) is 74.5 cm³/mol. The molecule has 0 aliphatic rings. The van der Waals surface area contributed by atoms with Crippen LogP contribution in [0.1, 0.15) is 18.9 Å². The molecular formula is C13H17ClN2O3. The fourth-order valence-corrected chi connectivity index (χ4v) is 1.59. The second-order valence-electron chi connectivity index (χ2n) is 3.86. The average molecular weight is 285 g/mol. The maximum absolute atomic E-state index is 11.7. The monoisotopic (exact) mass is 284 g/mol. The number of halogens is 1. The van der Waals surface area contributed by atoms with E-state index < -0.39 is 6.09 Å². The molecule has 5 nitrogen and oxygen atoms in total. The smallest absolute Gasteiger partial charge is 0.407 e. The van der Waals surface area contributed by atoms with Crippen LogP contribution >= 0.6 is 11.6 Å². The van der Waals surface area contributed by atoms with E-state index >= 15 is 0 Å². The van der Waals surface area contributed by atoms with Crippen molar-refractivity contribution >= 4 is 29.3 Å². The highest BCUT2D eigenvalue weighted by molar-refractivity contribution is 6.31. The Morgan fingerprint density at radius 2 is 2.11 bits per heavy atom. The molecule has 0 atom stereocenters. The third kappa shape index (κ3) is 5.18. The molecule has 104 valence electrons. The number of amides is 2. The maximum Gasteiger partial charge on any atom is 0.407 e. The molecule has 0 bridgehead atoms. The van der Waals surface area contributed by atoms with E-state index in [1.54, 1.807) is 25.1 Å². The first kappa shape index (κ1) is 15.3. The third-order valence-corrected chi connectivity index (χ3v) is 2.85. The summed E-state index contributed by atoms with van der Waals surface area (Å²) in [6.45, 7) is 4.08. The Hall–Kier alpha value is -1.75. The van der Waals surface area contributed by atoms with E-state index in [1.165, 1.54) is 0 Å². The van der Waals surface area contributed by atoms with E-state index in [2.05, 4.69) is 15.4 Å². The van der Waals surface area contributed by atoms with Crippen LogP contribution in [0.15, 0.2) is 18.2 Å². The molecule has 0 aliphatic heterocycles. The summed E-state index contributed by atoms with van der Waals surface area (Å²) in [6.07, 6.45) is -0.348. The van der Waals surface area contributed by atoms with Gasteiger partial charge in [0.2, 0.25) is 5.91 Å². The van der Waals surface area contributed by atoms with Gasteiger partial charge in [-0.25, -0.2) is 4.79 Å². The summed E-state index contributed by atoms with van der Waals surface area (Å²) in [5.74, 6) is -0.192. The van der Waals surface area contributed by atoms with E-state index in [9.17, 15) is 9.59 Å². The van der Waals surface area contributed by atoms with Crippen LogP contribution in [0.4, 0.5) is 10.5 Å². The van der Waals surface area contributed by atoms with Crippen LogP contribution in [0.2, 0.25) is 5.02 Å². The number of nitrogens with one attached hydrogen (secondary N) is 2. The SMILES string of the molecule is CCOC(=O)NCCC(=O)Nc1cccc(Cl)c1C. The van der Waals surface area contributed by atoms with Crippen molar-refractivity contribution in [3.8, 4) is 0 Å². The summed E-state index contributed by atoms with van der Waals surface area (Å²) in [4.78, 5) is 22.7. The summed E-state index contributed by atoms with van der Waals surface area (Å²) in [7, 11) is 0. The summed E-state index contributed by atoms with van der Waals surface area (Å²) in [5, 5.41) is 5.82. The van der Waals surface area contributed by atoms with Crippen molar-refractivity contribution in [3.05, 3.63) is 28.8 Å². The molecule has 0 unspecified atom stereocenters. The molecule has 0 radical (unpaired) electrons. The van der Waals surface area contributed by atoms with E-state index in [-0.39, 0.29) is 18.9 Å². The van der Waals surface area contributed by atoms with Crippen LogP contribution in [-0.2, 0) is 9.53 Å². The van der Waals surface area contributed by atoms with Crippen molar-refractivity contribution in [2.75, 3.05) is 18.5 Å². The average Bonchev–Trinajstić information content (AvgIpc) is 2.35. The Kier molecular flexibility index (Phi) is 6.15. The van der Waals surface area contributed by atoms with Gasteiger partial charge in [-0.2, -0.15) is 0 Å². The number of ether oxygens (including phenoxy) is 1. The Morgan fingerprint density at radius 3 is 2.79 bits per heavy atom. The van der Waals surface area contributed by atoms with Gasteiger partial charge in [0.25, 0.3) is 0 Å². The van der Waals surface area contributed by atoms with Crippen molar-refractivity contribution in [1.82, 2.24) is 5.32 Å². The molecule has 0 saturated carbocycles. The molecule has 0 saturated heterocycles. The minimum atomic E-state index is -0.519. The van der Waals surface area contributed by atoms with Gasteiger partial charge < -0.3 is 15.4 Å². The van der Waals surface area contributed by atoms with Crippen LogP contribution in [0.5, 0.6) is 0 Å². The van der Waals surface area contributed by atoms with Crippen LogP contribution < -0.4 is 10.6 Å². The first-order valence-electron chi connectivity index (χ1n) is 6.00. The van der Waals surface area contributed by atoms with Crippen molar-refractivity contribution < 1.29 is 14.3 Å². The number of hydrogen-bond acceptors (Lipinski definition) is 3. The largest absolute Gasteiger partial charge is 0.450 e. The maximum atomic E-state index is 11.7. The van der Waals surface area contributed by atoms with Gasteiger partial charge in [-0.15, -0.1) is 0 Å². The lowest BCUT2D eigenvalue weighted by Gasteiger charge is -2.09. The number of anilines is 1. The van der Waals surface area contributed by atoms with Gasteiger partial charge in [0, 0.05) is 23.7 Å². The van der Waals surface area contributed by atoms with Crippen LogP contribution in [0.3, 0.4) is 0 Å². The number of carbonyl (C=O) groups is 2. The highest BCUT2D eigenvalue weighted by Gasteiger charge is 2.07. The number of hydrogen-bond donors (Lipinski definition) is 2. The predicted octanol–water partition coefficient (Wildman–Crippen LogP) is 2.72. The molecule has 0 fully saturated rings. The van der Waals surface area contributed by atoms with E-state index in [4.69, 9.17) is 11.6 Å². The molecule has 6 heteroatoms. The van der Waals surface area contributed by atoms with E-state index in [1.807, 2.05) is 6.92 Å². The highest BCUT2D eigenvalue weighted by atomic mass is 35.5. The lowest BCUT2D eigenvalue weighted by Crippen LogP contribution is -2.28. The minimum Gasteiger partial charge on any atom is -0.450 e. The molecule has 0 aromatic heterocycles.